The number of rotatable bonds is 7. The number of benzene rings is 1. The third-order valence-electron chi connectivity index (χ3n) is 6.95. The van der Waals surface area contributed by atoms with Gasteiger partial charge < -0.3 is 20.5 Å². The fourth-order valence-electron chi connectivity index (χ4n) is 5.14. The lowest BCUT2D eigenvalue weighted by Crippen LogP contribution is -2.41. The number of nitrogen functional groups attached to an aromatic ring is 1. The van der Waals surface area contributed by atoms with E-state index in [0.29, 0.717) is 52.9 Å². The van der Waals surface area contributed by atoms with E-state index in [4.69, 9.17) is 20.3 Å². The van der Waals surface area contributed by atoms with Crippen LogP contribution in [0.5, 0.6) is 5.88 Å². The van der Waals surface area contributed by atoms with Crippen molar-refractivity contribution in [1.29, 1.82) is 0 Å². The molecule has 1 amide bonds. The maximum Gasteiger partial charge on any atom is 0.251 e. The van der Waals surface area contributed by atoms with Crippen LogP contribution in [-0.2, 0) is 16.1 Å². The summed E-state index contributed by atoms with van der Waals surface area (Å²) in [5.74, 6) is 0.214. The van der Waals surface area contributed by atoms with Gasteiger partial charge in [-0.3, -0.25) is 14.6 Å². The number of anilines is 1. The van der Waals surface area contributed by atoms with Crippen LogP contribution >= 0.6 is 0 Å². The SMILES string of the molecule is COc1cccc(-c2cc(F)ccc2[C@H]2Cc3nc(N)nc(C)c3C(NOCC(=O)N3CCC[C@H]3CO)=N2)n1. The van der Waals surface area contributed by atoms with Gasteiger partial charge in [-0.15, -0.1) is 0 Å². The second-order valence-electron chi connectivity index (χ2n) is 9.44. The minimum Gasteiger partial charge on any atom is -0.481 e. The number of aliphatic imine (C=N–C) groups is 1. The average Bonchev–Trinajstić information content (AvgIpc) is 3.41. The number of hydrogen-bond donors (Lipinski definition) is 3. The third-order valence-corrected chi connectivity index (χ3v) is 6.95. The van der Waals surface area contributed by atoms with Gasteiger partial charge in [0.15, 0.2) is 12.4 Å². The summed E-state index contributed by atoms with van der Waals surface area (Å²) < 4.78 is 19.7. The molecule has 1 saturated heterocycles. The van der Waals surface area contributed by atoms with E-state index in [1.807, 2.05) is 0 Å². The minimum absolute atomic E-state index is 0.0823. The molecule has 39 heavy (non-hydrogen) atoms. The van der Waals surface area contributed by atoms with Crippen LogP contribution in [0.1, 0.15) is 41.4 Å². The summed E-state index contributed by atoms with van der Waals surface area (Å²) in [7, 11) is 1.52. The second kappa shape index (κ2) is 11.3. The van der Waals surface area contributed by atoms with Gasteiger partial charge in [0, 0.05) is 24.6 Å². The number of carbonyl (C=O) groups is 1. The molecule has 0 unspecified atom stereocenters. The molecule has 0 radical (unpaired) electrons. The van der Waals surface area contributed by atoms with Crippen LogP contribution in [0.4, 0.5) is 10.3 Å². The van der Waals surface area contributed by atoms with Crippen molar-refractivity contribution in [2.45, 2.75) is 38.3 Å². The molecule has 4 N–H and O–H groups in total. The first-order valence-corrected chi connectivity index (χ1v) is 12.7. The largest absolute Gasteiger partial charge is 0.481 e. The summed E-state index contributed by atoms with van der Waals surface area (Å²) in [5, 5.41) is 9.54. The van der Waals surface area contributed by atoms with Crippen molar-refractivity contribution in [3.63, 3.8) is 0 Å². The van der Waals surface area contributed by atoms with Crippen molar-refractivity contribution < 1.29 is 23.9 Å². The molecule has 4 heterocycles. The van der Waals surface area contributed by atoms with E-state index in [1.165, 1.54) is 19.2 Å². The highest BCUT2D eigenvalue weighted by Crippen LogP contribution is 2.36. The Labute approximate surface area is 224 Å². The summed E-state index contributed by atoms with van der Waals surface area (Å²) in [6.07, 6.45) is 1.98. The standard InChI is InChI=1S/C27H30FN7O4/c1-15-25-22(33-27(29)30-15)12-21(32-26(25)34-39-14-24(37)35-10-4-5-17(35)13-36)18-9-8-16(28)11-19(18)20-6-3-7-23(31-20)38-2/h3,6-9,11,17,21,36H,4-5,10,12-14H2,1-2H3,(H,32,34)(H2,29,30,33)/t17-,21+/m0/s1. The number of methoxy groups -OCH3 is 1. The molecule has 2 aromatic heterocycles. The van der Waals surface area contributed by atoms with E-state index in [-0.39, 0.29) is 31.1 Å². The Balaban J connectivity index is 1.47. The summed E-state index contributed by atoms with van der Waals surface area (Å²) in [4.78, 5) is 38.0. The number of halogens is 1. The molecule has 0 saturated carbocycles. The topological polar surface area (TPSA) is 148 Å². The summed E-state index contributed by atoms with van der Waals surface area (Å²) in [6.45, 7) is 2.04. The predicted octanol–water partition coefficient (Wildman–Crippen LogP) is 2.13. The van der Waals surface area contributed by atoms with Gasteiger partial charge in [0.2, 0.25) is 11.8 Å². The molecule has 2 aliphatic heterocycles. The van der Waals surface area contributed by atoms with Crippen LogP contribution < -0.4 is 16.0 Å². The molecule has 1 aromatic carbocycles. The number of carbonyl (C=O) groups excluding carboxylic acids is 1. The highest BCUT2D eigenvalue weighted by atomic mass is 19.1. The molecule has 0 aliphatic carbocycles. The van der Waals surface area contributed by atoms with Gasteiger partial charge in [0.25, 0.3) is 5.91 Å². The molecule has 1 fully saturated rings. The second-order valence-corrected chi connectivity index (χ2v) is 9.44. The normalized spacial score (nSPS) is 18.5. The van der Waals surface area contributed by atoms with Crippen molar-refractivity contribution >= 4 is 17.7 Å². The van der Waals surface area contributed by atoms with E-state index in [9.17, 15) is 14.3 Å². The lowest BCUT2D eigenvalue weighted by molar-refractivity contribution is -0.139. The number of nitrogens with zero attached hydrogens (tertiary/aromatic N) is 5. The Bertz CT molecular complexity index is 1420. The number of fused-ring (bicyclic) bond motifs is 1. The molecule has 204 valence electrons. The van der Waals surface area contributed by atoms with Crippen LogP contribution in [-0.4, -0.2) is 69.6 Å². The number of pyridine rings is 1. The molecule has 12 heteroatoms. The van der Waals surface area contributed by atoms with Crippen LogP contribution in [0.2, 0.25) is 0 Å². The molecule has 11 nitrogen and oxygen atoms in total. The first kappa shape index (κ1) is 26.4. The molecular weight excluding hydrogens is 505 g/mol. The van der Waals surface area contributed by atoms with E-state index in [2.05, 4.69) is 20.4 Å². The van der Waals surface area contributed by atoms with E-state index < -0.39 is 11.9 Å². The maximum atomic E-state index is 14.4. The minimum atomic E-state index is -0.492. The lowest BCUT2D eigenvalue weighted by atomic mass is 9.91. The van der Waals surface area contributed by atoms with Crippen molar-refractivity contribution in [1.82, 2.24) is 25.3 Å². The molecule has 0 bridgehead atoms. The first-order chi connectivity index (χ1) is 18.9. The Hall–Kier alpha value is -4.16. The molecule has 2 aliphatic rings. The maximum absolute atomic E-state index is 14.4. The number of aliphatic hydroxyl groups is 1. The van der Waals surface area contributed by atoms with Gasteiger partial charge >= 0.3 is 0 Å². The van der Waals surface area contributed by atoms with Crippen molar-refractivity contribution in [2.75, 3.05) is 32.6 Å². The highest BCUT2D eigenvalue weighted by molar-refractivity contribution is 6.01. The zero-order valence-corrected chi connectivity index (χ0v) is 21.7. The number of hydrogen-bond acceptors (Lipinski definition) is 10. The number of nitrogens with two attached hydrogens (primary N) is 1. The number of aliphatic hydroxyl groups excluding tert-OH is 1. The van der Waals surface area contributed by atoms with Gasteiger partial charge in [0.1, 0.15) is 5.82 Å². The van der Waals surface area contributed by atoms with Gasteiger partial charge in [-0.25, -0.2) is 24.8 Å². The number of aromatic nitrogens is 3. The van der Waals surface area contributed by atoms with Gasteiger partial charge in [-0.05, 0) is 43.5 Å². The Morgan fingerprint density at radius 2 is 2.10 bits per heavy atom. The van der Waals surface area contributed by atoms with Crippen molar-refractivity contribution in [2.24, 2.45) is 4.99 Å². The number of likely N-dealkylation sites (tertiary alicyclic amines) is 1. The van der Waals surface area contributed by atoms with Crippen LogP contribution in [0.3, 0.4) is 0 Å². The molecule has 5 rings (SSSR count). The fraction of sp³-hybridized carbons (Fsp3) is 0.370. The Morgan fingerprint density at radius 1 is 1.26 bits per heavy atom. The quantitative estimate of drug-likeness (QED) is 0.387. The number of amides is 1. The zero-order chi connectivity index (χ0) is 27.5. The monoisotopic (exact) mass is 535 g/mol. The summed E-state index contributed by atoms with van der Waals surface area (Å²) >= 11 is 0. The number of hydroxylamine groups is 1. The third kappa shape index (κ3) is 5.52. The Kier molecular flexibility index (Phi) is 7.66. The average molecular weight is 536 g/mol. The van der Waals surface area contributed by atoms with E-state index >= 15 is 0 Å². The smallest absolute Gasteiger partial charge is 0.251 e. The van der Waals surface area contributed by atoms with Gasteiger partial charge in [-0.1, -0.05) is 12.1 Å². The number of aryl methyl sites for hydroxylation is 1. The van der Waals surface area contributed by atoms with Gasteiger partial charge in [0.05, 0.1) is 48.4 Å². The molecule has 0 spiro atoms. The predicted molar refractivity (Wildman–Crippen MR) is 141 cm³/mol. The summed E-state index contributed by atoms with van der Waals surface area (Å²) in [5.41, 5.74) is 12.5. The van der Waals surface area contributed by atoms with Gasteiger partial charge in [-0.2, -0.15) is 0 Å². The van der Waals surface area contributed by atoms with Crippen molar-refractivity contribution in [3.8, 4) is 17.1 Å². The van der Waals surface area contributed by atoms with Crippen LogP contribution in [0.15, 0.2) is 41.4 Å². The summed E-state index contributed by atoms with van der Waals surface area (Å²) in [6, 6.07) is 9.05. The Morgan fingerprint density at radius 3 is 2.90 bits per heavy atom. The van der Waals surface area contributed by atoms with E-state index in [1.54, 1.807) is 36.1 Å². The number of amidine groups is 1. The van der Waals surface area contributed by atoms with Crippen LogP contribution in [0.25, 0.3) is 11.3 Å². The van der Waals surface area contributed by atoms with E-state index in [0.717, 1.165) is 18.4 Å². The fourth-order valence-corrected chi connectivity index (χ4v) is 5.14. The van der Waals surface area contributed by atoms with Crippen molar-refractivity contribution in [3.05, 3.63) is 64.7 Å². The molecule has 2 atom stereocenters. The molecular formula is C27H30FN7O4. The number of ether oxygens (including phenoxy) is 1. The number of nitrogens with one attached hydrogen (secondary N) is 1. The first-order valence-electron chi connectivity index (χ1n) is 12.7. The highest BCUT2D eigenvalue weighted by Gasteiger charge is 2.30. The zero-order valence-electron chi connectivity index (χ0n) is 21.7. The van der Waals surface area contributed by atoms with Crippen LogP contribution in [0, 0.1) is 12.7 Å². The molecule has 3 aromatic rings. The lowest BCUT2D eigenvalue weighted by Gasteiger charge is -2.26.